The summed E-state index contributed by atoms with van der Waals surface area (Å²) >= 11 is 0. The lowest BCUT2D eigenvalue weighted by Crippen LogP contribution is -2.49. The maximum absolute atomic E-state index is 11.7. The van der Waals surface area contributed by atoms with Gasteiger partial charge in [-0.3, -0.25) is 4.79 Å². The minimum absolute atomic E-state index is 0.0721. The monoisotopic (exact) mass is 242 g/mol. The zero-order valence-electron chi connectivity index (χ0n) is 11.3. The molecule has 1 rings (SSSR count). The van der Waals surface area contributed by atoms with Gasteiger partial charge in [-0.25, -0.2) is 0 Å². The highest BCUT2D eigenvalue weighted by molar-refractivity contribution is 5.81. The Hall–Kier alpha value is -0.610. The number of carbonyl (C=O) groups is 1. The molecule has 0 saturated carbocycles. The van der Waals surface area contributed by atoms with Crippen molar-refractivity contribution >= 4 is 5.91 Å². The molecule has 2 unspecified atom stereocenters. The number of aliphatic hydroxyl groups is 1. The van der Waals surface area contributed by atoms with Gasteiger partial charge in [0.25, 0.3) is 0 Å². The van der Waals surface area contributed by atoms with Gasteiger partial charge in [-0.2, -0.15) is 0 Å². The number of rotatable bonds is 5. The molecule has 4 heteroatoms. The van der Waals surface area contributed by atoms with Crippen molar-refractivity contribution in [1.29, 1.82) is 0 Å². The summed E-state index contributed by atoms with van der Waals surface area (Å²) in [6.45, 7) is 7.26. The van der Waals surface area contributed by atoms with Crippen LogP contribution in [0.3, 0.4) is 0 Å². The van der Waals surface area contributed by atoms with E-state index in [0.717, 1.165) is 32.2 Å². The first-order valence-corrected chi connectivity index (χ1v) is 6.64. The van der Waals surface area contributed by atoms with Crippen LogP contribution in [0.2, 0.25) is 0 Å². The molecule has 1 fully saturated rings. The van der Waals surface area contributed by atoms with E-state index in [1.54, 1.807) is 0 Å². The highest BCUT2D eigenvalue weighted by atomic mass is 16.3. The van der Waals surface area contributed by atoms with Crippen molar-refractivity contribution in [2.75, 3.05) is 13.1 Å². The van der Waals surface area contributed by atoms with E-state index in [-0.39, 0.29) is 11.9 Å². The van der Waals surface area contributed by atoms with E-state index in [0.29, 0.717) is 12.5 Å². The molecule has 1 saturated heterocycles. The van der Waals surface area contributed by atoms with Gasteiger partial charge in [0.15, 0.2) is 0 Å². The van der Waals surface area contributed by atoms with Crippen LogP contribution in [0.25, 0.3) is 0 Å². The molecular weight excluding hydrogens is 216 g/mol. The summed E-state index contributed by atoms with van der Waals surface area (Å²) in [5.41, 5.74) is -0.735. The Balaban J connectivity index is 2.39. The molecule has 0 spiro atoms. The average Bonchev–Trinajstić information content (AvgIpc) is 2.38. The van der Waals surface area contributed by atoms with E-state index < -0.39 is 5.60 Å². The van der Waals surface area contributed by atoms with Gasteiger partial charge < -0.3 is 15.7 Å². The van der Waals surface area contributed by atoms with Gasteiger partial charge in [0.1, 0.15) is 0 Å². The fourth-order valence-corrected chi connectivity index (χ4v) is 2.43. The molecule has 3 N–H and O–H groups in total. The molecule has 4 nitrogen and oxygen atoms in total. The molecule has 1 heterocycles. The number of hydrogen-bond acceptors (Lipinski definition) is 3. The number of amides is 1. The van der Waals surface area contributed by atoms with Gasteiger partial charge in [0.2, 0.25) is 5.91 Å². The van der Waals surface area contributed by atoms with Crippen LogP contribution in [0.15, 0.2) is 0 Å². The van der Waals surface area contributed by atoms with Gasteiger partial charge in [0.05, 0.1) is 11.6 Å². The first-order valence-electron chi connectivity index (χ1n) is 6.64. The molecule has 17 heavy (non-hydrogen) atoms. The Morgan fingerprint density at radius 1 is 1.53 bits per heavy atom. The summed E-state index contributed by atoms with van der Waals surface area (Å²) < 4.78 is 0. The summed E-state index contributed by atoms with van der Waals surface area (Å²) in [5.74, 6) is 0.526. The molecule has 0 aromatic rings. The highest BCUT2D eigenvalue weighted by Gasteiger charge is 2.26. The van der Waals surface area contributed by atoms with E-state index >= 15 is 0 Å². The topological polar surface area (TPSA) is 61.4 Å². The predicted molar refractivity (Wildman–Crippen MR) is 68.7 cm³/mol. The van der Waals surface area contributed by atoms with Crippen LogP contribution >= 0.6 is 0 Å². The summed E-state index contributed by atoms with van der Waals surface area (Å²) in [7, 11) is 0. The second-order valence-electron chi connectivity index (χ2n) is 5.82. The van der Waals surface area contributed by atoms with Crippen molar-refractivity contribution in [3.8, 4) is 0 Å². The second kappa shape index (κ2) is 6.36. The average molecular weight is 242 g/mol. The Kier molecular flexibility index (Phi) is 5.40. The maximum atomic E-state index is 11.7. The van der Waals surface area contributed by atoms with Crippen LogP contribution in [0, 0.1) is 5.92 Å². The molecule has 1 aliphatic rings. The zero-order valence-corrected chi connectivity index (χ0v) is 11.3. The summed E-state index contributed by atoms with van der Waals surface area (Å²) in [6.07, 6.45) is 3.72. The van der Waals surface area contributed by atoms with E-state index in [1.165, 1.54) is 0 Å². The number of nitrogens with one attached hydrogen (secondary N) is 2. The van der Waals surface area contributed by atoms with Crippen molar-refractivity contribution in [3.05, 3.63) is 0 Å². The molecule has 0 aliphatic carbocycles. The minimum Gasteiger partial charge on any atom is -0.389 e. The molecule has 0 bridgehead atoms. The lowest BCUT2D eigenvalue weighted by Gasteiger charge is -2.27. The summed E-state index contributed by atoms with van der Waals surface area (Å²) in [6, 6.07) is -0.142. The van der Waals surface area contributed by atoms with Gasteiger partial charge in [-0.1, -0.05) is 13.8 Å². The van der Waals surface area contributed by atoms with Crippen molar-refractivity contribution in [2.24, 2.45) is 5.92 Å². The Labute approximate surface area is 104 Å². The van der Waals surface area contributed by atoms with Crippen LogP contribution in [-0.2, 0) is 4.79 Å². The third kappa shape index (κ3) is 5.50. The van der Waals surface area contributed by atoms with Crippen LogP contribution in [0.5, 0.6) is 0 Å². The third-order valence-corrected chi connectivity index (χ3v) is 3.11. The Bertz CT molecular complexity index is 252. The van der Waals surface area contributed by atoms with Gasteiger partial charge >= 0.3 is 0 Å². The fourth-order valence-electron chi connectivity index (χ4n) is 2.43. The fraction of sp³-hybridized carbons (Fsp3) is 0.923. The molecule has 1 amide bonds. The van der Waals surface area contributed by atoms with Crippen LogP contribution in [-0.4, -0.2) is 35.7 Å². The standard InChI is InChI=1S/C13H26N2O2/c1-10(2)8-13(3,17)9-15-11-6-4-5-7-14-12(11)16/h10-11,15,17H,4-9H2,1-3H3,(H,14,16). The quantitative estimate of drug-likeness (QED) is 0.675. The molecule has 2 atom stereocenters. The van der Waals surface area contributed by atoms with E-state index in [9.17, 15) is 9.90 Å². The minimum atomic E-state index is -0.735. The zero-order chi connectivity index (χ0) is 12.9. The molecular formula is C13H26N2O2. The van der Waals surface area contributed by atoms with E-state index in [4.69, 9.17) is 0 Å². The lowest BCUT2D eigenvalue weighted by atomic mass is 9.94. The number of carbonyl (C=O) groups excluding carboxylic acids is 1. The molecule has 1 aliphatic heterocycles. The van der Waals surface area contributed by atoms with Crippen molar-refractivity contribution in [1.82, 2.24) is 10.6 Å². The first kappa shape index (κ1) is 14.5. The normalized spacial score (nSPS) is 25.2. The third-order valence-electron chi connectivity index (χ3n) is 3.11. The van der Waals surface area contributed by atoms with Crippen molar-refractivity contribution in [2.45, 2.75) is 58.1 Å². The van der Waals surface area contributed by atoms with Gasteiger partial charge in [-0.05, 0) is 38.5 Å². The Morgan fingerprint density at radius 2 is 2.24 bits per heavy atom. The first-order chi connectivity index (χ1) is 7.91. The Morgan fingerprint density at radius 3 is 2.88 bits per heavy atom. The van der Waals surface area contributed by atoms with E-state index in [1.807, 2.05) is 6.92 Å². The highest BCUT2D eigenvalue weighted by Crippen LogP contribution is 2.16. The van der Waals surface area contributed by atoms with Crippen molar-refractivity contribution in [3.63, 3.8) is 0 Å². The summed E-state index contributed by atoms with van der Waals surface area (Å²) in [5, 5.41) is 16.3. The maximum Gasteiger partial charge on any atom is 0.237 e. The SMILES string of the molecule is CC(C)CC(C)(O)CNC1CCCCNC1=O. The molecule has 0 aromatic carbocycles. The molecule has 100 valence electrons. The van der Waals surface area contributed by atoms with Crippen LogP contribution < -0.4 is 10.6 Å². The molecule has 0 radical (unpaired) electrons. The largest absolute Gasteiger partial charge is 0.389 e. The van der Waals surface area contributed by atoms with Crippen LogP contribution in [0.4, 0.5) is 0 Å². The van der Waals surface area contributed by atoms with Gasteiger partial charge in [0, 0.05) is 13.1 Å². The smallest absolute Gasteiger partial charge is 0.237 e. The number of hydrogen-bond donors (Lipinski definition) is 3. The molecule has 0 aromatic heterocycles. The lowest BCUT2D eigenvalue weighted by molar-refractivity contribution is -0.123. The van der Waals surface area contributed by atoms with Crippen LogP contribution in [0.1, 0.15) is 46.5 Å². The van der Waals surface area contributed by atoms with Gasteiger partial charge in [-0.15, -0.1) is 0 Å². The summed E-state index contributed by atoms with van der Waals surface area (Å²) in [4.78, 5) is 11.7. The predicted octanol–water partition coefficient (Wildman–Crippen LogP) is 1.04. The second-order valence-corrected chi connectivity index (χ2v) is 5.82. The van der Waals surface area contributed by atoms with Crippen molar-refractivity contribution < 1.29 is 9.90 Å². The van der Waals surface area contributed by atoms with E-state index in [2.05, 4.69) is 24.5 Å².